The SMILES string of the molecule is C=CC(=O)Nc1ccc(CC2SC(=O)N(C)C2=O)cc1. The standard InChI is InChI=1S/C14H14N2O3S/c1-3-12(17)15-10-6-4-9(5-7-10)8-11-13(18)16(2)14(19)20-11/h3-7,11H,1,8H2,2H3,(H,15,17). The van der Waals surface area contributed by atoms with E-state index in [1.54, 1.807) is 12.1 Å². The van der Waals surface area contributed by atoms with Crippen molar-refractivity contribution < 1.29 is 14.4 Å². The van der Waals surface area contributed by atoms with E-state index in [0.29, 0.717) is 12.1 Å². The minimum absolute atomic E-state index is 0.163. The highest BCUT2D eigenvalue weighted by Gasteiger charge is 2.36. The molecule has 1 saturated heterocycles. The number of imide groups is 1. The Morgan fingerprint density at radius 2 is 2.05 bits per heavy atom. The summed E-state index contributed by atoms with van der Waals surface area (Å²) in [5, 5.41) is 2.07. The molecule has 5 nitrogen and oxygen atoms in total. The summed E-state index contributed by atoms with van der Waals surface area (Å²) < 4.78 is 0. The highest BCUT2D eigenvalue weighted by molar-refractivity contribution is 8.15. The van der Waals surface area contributed by atoms with E-state index >= 15 is 0 Å². The van der Waals surface area contributed by atoms with E-state index in [1.165, 1.54) is 13.1 Å². The van der Waals surface area contributed by atoms with Crippen LogP contribution in [0.1, 0.15) is 5.56 Å². The van der Waals surface area contributed by atoms with Gasteiger partial charge >= 0.3 is 0 Å². The molecule has 0 spiro atoms. The Hall–Kier alpha value is -2.08. The molecule has 1 aromatic rings. The van der Waals surface area contributed by atoms with Crippen LogP contribution in [-0.4, -0.2) is 34.3 Å². The largest absolute Gasteiger partial charge is 0.323 e. The van der Waals surface area contributed by atoms with Gasteiger partial charge in [0.05, 0.1) is 5.25 Å². The minimum Gasteiger partial charge on any atom is -0.323 e. The molecule has 0 radical (unpaired) electrons. The first kappa shape index (κ1) is 14.3. The normalized spacial score (nSPS) is 18.2. The Morgan fingerprint density at radius 1 is 1.40 bits per heavy atom. The smallest absolute Gasteiger partial charge is 0.288 e. The summed E-state index contributed by atoms with van der Waals surface area (Å²) in [4.78, 5) is 35.5. The number of thioether (sulfide) groups is 1. The molecule has 0 saturated carbocycles. The zero-order valence-corrected chi connectivity index (χ0v) is 11.8. The fraction of sp³-hybridized carbons (Fsp3) is 0.214. The molecule has 1 unspecified atom stereocenters. The van der Waals surface area contributed by atoms with Crippen molar-refractivity contribution in [1.29, 1.82) is 0 Å². The van der Waals surface area contributed by atoms with Crippen LogP contribution in [0.5, 0.6) is 0 Å². The summed E-state index contributed by atoms with van der Waals surface area (Å²) in [6.45, 7) is 3.38. The van der Waals surface area contributed by atoms with Crippen molar-refractivity contribution in [2.75, 3.05) is 12.4 Å². The van der Waals surface area contributed by atoms with Crippen LogP contribution in [0, 0.1) is 0 Å². The van der Waals surface area contributed by atoms with Gasteiger partial charge in [0.1, 0.15) is 0 Å². The third-order valence-corrected chi connectivity index (χ3v) is 4.08. The maximum absolute atomic E-state index is 11.8. The third kappa shape index (κ3) is 3.08. The number of amides is 3. The lowest BCUT2D eigenvalue weighted by atomic mass is 10.1. The van der Waals surface area contributed by atoms with Crippen molar-refractivity contribution in [3.63, 3.8) is 0 Å². The molecule has 0 bridgehead atoms. The molecule has 1 heterocycles. The maximum atomic E-state index is 11.8. The fourth-order valence-corrected chi connectivity index (χ4v) is 2.84. The second-order valence-electron chi connectivity index (χ2n) is 4.36. The molecule has 2 rings (SSSR count). The Morgan fingerprint density at radius 3 is 2.55 bits per heavy atom. The van der Waals surface area contributed by atoms with Crippen LogP contribution < -0.4 is 5.32 Å². The number of benzene rings is 1. The predicted octanol–water partition coefficient (Wildman–Crippen LogP) is 2.05. The van der Waals surface area contributed by atoms with E-state index in [4.69, 9.17) is 0 Å². The van der Waals surface area contributed by atoms with Gasteiger partial charge in [-0.05, 0) is 30.2 Å². The zero-order valence-electron chi connectivity index (χ0n) is 11.0. The van der Waals surface area contributed by atoms with Crippen LogP contribution in [0.3, 0.4) is 0 Å². The van der Waals surface area contributed by atoms with Gasteiger partial charge in [0, 0.05) is 12.7 Å². The summed E-state index contributed by atoms with van der Waals surface area (Å²) in [7, 11) is 1.49. The number of anilines is 1. The van der Waals surface area contributed by atoms with E-state index in [1.807, 2.05) is 12.1 Å². The zero-order chi connectivity index (χ0) is 14.7. The van der Waals surface area contributed by atoms with E-state index < -0.39 is 0 Å². The second kappa shape index (κ2) is 5.92. The molecule has 3 amide bonds. The lowest BCUT2D eigenvalue weighted by Crippen LogP contribution is -2.28. The molecule has 104 valence electrons. The number of nitrogens with zero attached hydrogens (tertiary/aromatic N) is 1. The lowest BCUT2D eigenvalue weighted by Gasteiger charge is -2.08. The third-order valence-electron chi connectivity index (χ3n) is 2.95. The summed E-state index contributed by atoms with van der Waals surface area (Å²) in [6, 6.07) is 7.17. The number of carbonyl (C=O) groups is 3. The first-order valence-electron chi connectivity index (χ1n) is 6.02. The molecule has 1 aromatic carbocycles. The summed E-state index contributed by atoms with van der Waals surface area (Å²) in [5.74, 6) is -0.435. The number of nitrogens with one attached hydrogen (secondary N) is 1. The van der Waals surface area contributed by atoms with Gasteiger partial charge in [0.15, 0.2) is 0 Å². The van der Waals surface area contributed by atoms with E-state index in [0.717, 1.165) is 22.2 Å². The van der Waals surface area contributed by atoms with Crippen molar-refractivity contribution in [2.45, 2.75) is 11.7 Å². The monoisotopic (exact) mass is 290 g/mol. The van der Waals surface area contributed by atoms with Gasteiger partial charge in [0.2, 0.25) is 11.8 Å². The van der Waals surface area contributed by atoms with Crippen LogP contribution >= 0.6 is 11.8 Å². The quantitative estimate of drug-likeness (QED) is 0.862. The van der Waals surface area contributed by atoms with Gasteiger partial charge in [0.25, 0.3) is 5.24 Å². The average molecular weight is 290 g/mol. The fourth-order valence-electron chi connectivity index (χ4n) is 1.82. The molecule has 6 heteroatoms. The van der Waals surface area contributed by atoms with Gasteiger partial charge in [-0.3, -0.25) is 19.3 Å². The molecule has 1 atom stereocenters. The number of rotatable bonds is 4. The van der Waals surface area contributed by atoms with Crippen molar-refractivity contribution in [3.8, 4) is 0 Å². The molecule has 1 N–H and O–H groups in total. The molecular weight excluding hydrogens is 276 g/mol. The molecule has 1 fully saturated rings. The Labute approximate surface area is 121 Å². The molecule has 20 heavy (non-hydrogen) atoms. The maximum Gasteiger partial charge on any atom is 0.288 e. The Balaban J connectivity index is 2.01. The second-order valence-corrected chi connectivity index (χ2v) is 5.52. The predicted molar refractivity (Wildman–Crippen MR) is 78.5 cm³/mol. The van der Waals surface area contributed by atoms with Crippen LogP contribution in [0.15, 0.2) is 36.9 Å². The van der Waals surface area contributed by atoms with Crippen molar-refractivity contribution in [1.82, 2.24) is 4.90 Å². The molecule has 1 aliphatic heterocycles. The first-order chi connectivity index (χ1) is 9.51. The Kier molecular flexibility index (Phi) is 4.24. The number of hydrogen-bond donors (Lipinski definition) is 1. The van der Waals surface area contributed by atoms with E-state index in [9.17, 15) is 14.4 Å². The van der Waals surface area contributed by atoms with Crippen LogP contribution in [-0.2, 0) is 16.0 Å². The van der Waals surface area contributed by atoms with Gasteiger partial charge in [-0.1, -0.05) is 30.5 Å². The van der Waals surface area contributed by atoms with Gasteiger partial charge in [-0.25, -0.2) is 0 Å². The highest BCUT2D eigenvalue weighted by atomic mass is 32.2. The van der Waals surface area contributed by atoms with Gasteiger partial charge in [-0.2, -0.15) is 0 Å². The Bertz CT molecular complexity index is 568. The summed E-state index contributed by atoms with van der Waals surface area (Å²) in [5.41, 5.74) is 1.60. The average Bonchev–Trinajstić information content (AvgIpc) is 2.68. The molecule has 0 aliphatic carbocycles. The van der Waals surface area contributed by atoms with Crippen LogP contribution in [0.25, 0.3) is 0 Å². The van der Waals surface area contributed by atoms with Crippen LogP contribution in [0.2, 0.25) is 0 Å². The molecule has 1 aliphatic rings. The molecule has 0 aromatic heterocycles. The summed E-state index contributed by atoms with van der Waals surface area (Å²) >= 11 is 1.05. The van der Waals surface area contributed by atoms with Gasteiger partial charge < -0.3 is 5.32 Å². The number of hydrogen-bond acceptors (Lipinski definition) is 4. The lowest BCUT2D eigenvalue weighted by molar-refractivity contribution is -0.125. The van der Waals surface area contributed by atoms with Crippen molar-refractivity contribution in [2.24, 2.45) is 0 Å². The number of carbonyl (C=O) groups excluding carboxylic acids is 3. The minimum atomic E-state index is -0.360. The van der Waals surface area contributed by atoms with Crippen molar-refractivity contribution in [3.05, 3.63) is 42.5 Å². The first-order valence-corrected chi connectivity index (χ1v) is 6.90. The summed E-state index contributed by atoms with van der Waals surface area (Å²) in [6.07, 6.45) is 1.69. The van der Waals surface area contributed by atoms with E-state index in [2.05, 4.69) is 11.9 Å². The van der Waals surface area contributed by atoms with Crippen molar-refractivity contribution >= 4 is 34.5 Å². The topological polar surface area (TPSA) is 66.5 Å². The molecular formula is C14H14N2O3S. The van der Waals surface area contributed by atoms with Crippen LogP contribution in [0.4, 0.5) is 10.5 Å². The van der Waals surface area contributed by atoms with E-state index in [-0.39, 0.29) is 22.3 Å². The van der Waals surface area contributed by atoms with Gasteiger partial charge in [-0.15, -0.1) is 0 Å². The highest BCUT2D eigenvalue weighted by Crippen LogP contribution is 2.28.